The molecule has 0 amide bonds. The fourth-order valence-corrected chi connectivity index (χ4v) is 1.76. The van der Waals surface area contributed by atoms with Gasteiger partial charge < -0.3 is 5.11 Å². The molecule has 2 rings (SSSR count). The van der Waals surface area contributed by atoms with Gasteiger partial charge in [0.15, 0.2) is 0 Å². The number of benzene rings is 1. The van der Waals surface area contributed by atoms with E-state index in [9.17, 15) is 4.79 Å². The monoisotopic (exact) mass is 265 g/mol. The molecule has 0 saturated heterocycles. The van der Waals surface area contributed by atoms with Gasteiger partial charge in [-0.2, -0.15) is 0 Å². The molecule has 0 aliphatic rings. The van der Waals surface area contributed by atoms with Crippen LogP contribution in [-0.4, -0.2) is 16.1 Å². The van der Waals surface area contributed by atoms with Gasteiger partial charge in [-0.3, -0.25) is 0 Å². The third-order valence-electron chi connectivity index (χ3n) is 2.22. The fraction of sp³-hybridized carbons (Fsp3) is 0.0909. The molecule has 2 aromatic rings. The van der Waals surface area contributed by atoms with Crippen LogP contribution in [0.25, 0.3) is 10.8 Å². The zero-order valence-electron chi connectivity index (χ0n) is 7.99. The lowest BCUT2D eigenvalue weighted by Crippen LogP contribution is -1.99. The normalized spacial score (nSPS) is 10.5. The zero-order valence-corrected chi connectivity index (χ0v) is 9.58. The highest BCUT2D eigenvalue weighted by Gasteiger charge is 2.06. The number of carboxylic acid groups (broad SMARTS) is 1. The number of carboxylic acids is 1. The van der Waals surface area contributed by atoms with E-state index in [-0.39, 0.29) is 5.69 Å². The van der Waals surface area contributed by atoms with E-state index in [1.807, 2.05) is 19.1 Å². The van der Waals surface area contributed by atoms with Crippen LogP contribution in [0.1, 0.15) is 16.1 Å². The molecule has 76 valence electrons. The number of nitrogens with zero attached hydrogens (tertiary/aromatic N) is 1. The van der Waals surface area contributed by atoms with Crippen LogP contribution in [0.5, 0.6) is 0 Å². The minimum Gasteiger partial charge on any atom is -0.477 e. The maximum absolute atomic E-state index is 10.7. The summed E-state index contributed by atoms with van der Waals surface area (Å²) in [6.07, 6.45) is 1.58. The van der Waals surface area contributed by atoms with E-state index in [1.54, 1.807) is 12.3 Å². The molecule has 1 aromatic heterocycles. The molecule has 1 heterocycles. The van der Waals surface area contributed by atoms with E-state index in [1.165, 1.54) is 0 Å². The van der Waals surface area contributed by atoms with E-state index in [0.29, 0.717) is 0 Å². The predicted octanol–water partition coefficient (Wildman–Crippen LogP) is 3.00. The quantitative estimate of drug-likeness (QED) is 0.863. The maximum atomic E-state index is 10.7. The first-order valence-electron chi connectivity index (χ1n) is 4.37. The van der Waals surface area contributed by atoms with E-state index < -0.39 is 5.97 Å². The number of hydrogen-bond donors (Lipinski definition) is 1. The van der Waals surface area contributed by atoms with Crippen molar-refractivity contribution in [1.29, 1.82) is 0 Å². The molecule has 0 aliphatic heterocycles. The smallest absolute Gasteiger partial charge is 0.354 e. The highest BCUT2D eigenvalue weighted by molar-refractivity contribution is 9.10. The lowest BCUT2D eigenvalue weighted by molar-refractivity contribution is 0.0691. The summed E-state index contributed by atoms with van der Waals surface area (Å²) in [6, 6.07) is 5.44. The van der Waals surface area contributed by atoms with Gasteiger partial charge in [0.05, 0.1) is 0 Å². The summed E-state index contributed by atoms with van der Waals surface area (Å²) < 4.78 is 0.970. The van der Waals surface area contributed by atoms with Gasteiger partial charge in [-0.25, -0.2) is 9.78 Å². The molecule has 0 radical (unpaired) electrons. The highest BCUT2D eigenvalue weighted by atomic mass is 79.9. The van der Waals surface area contributed by atoms with Gasteiger partial charge in [0.2, 0.25) is 0 Å². The number of aryl methyl sites for hydroxylation is 1. The van der Waals surface area contributed by atoms with Gasteiger partial charge in [0.1, 0.15) is 5.69 Å². The van der Waals surface area contributed by atoms with Crippen LogP contribution < -0.4 is 0 Å². The van der Waals surface area contributed by atoms with E-state index in [2.05, 4.69) is 20.9 Å². The number of rotatable bonds is 1. The number of carbonyl (C=O) groups is 1. The molecular formula is C11H8BrNO2. The molecule has 0 atom stereocenters. The van der Waals surface area contributed by atoms with Crippen LogP contribution in [0.4, 0.5) is 0 Å². The van der Waals surface area contributed by atoms with Gasteiger partial charge in [-0.05, 0) is 36.1 Å². The average molecular weight is 266 g/mol. The van der Waals surface area contributed by atoms with Gasteiger partial charge in [0.25, 0.3) is 0 Å². The van der Waals surface area contributed by atoms with Crippen molar-refractivity contribution in [2.75, 3.05) is 0 Å². The third kappa shape index (κ3) is 1.85. The van der Waals surface area contributed by atoms with Crippen LogP contribution in [0.3, 0.4) is 0 Å². The third-order valence-corrected chi connectivity index (χ3v) is 3.07. The zero-order chi connectivity index (χ0) is 11.0. The second-order valence-electron chi connectivity index (χ2n) is 3.32. The first-order chi connectivity index (χ1) is 7.08. The average Bonchev–Trinajstić information content (AvgIpc) is 2.19. The van der Waals surface area contributed by atoms with Crippen molar-refractivity contribution in [3.8, 4) is 0 Å². The molecule has 0 saturated carbocycles. The Kier molecular flexibility index (Phi) is 2.44. The molecular weight excluding hydrogens is 258 g/mol. The summed E-state index contributed by atoms with van der Waals surface area (Å²) >= 11 is 3.41. The van der Waals surface area contributed by atoms with Crippen LogP contribution in [0.15, 0.2) is 28.9 Å². The van der Waals surface area contributed by atoms with E-state index in [4.69, 9.17) is 5.11 Å². The van der Waals surface area contributed by atoms with Crippen LogP contribution in [0.2, 0.25) is 0 Å². The maximum Gasteiger partial charge on any atom is 0.354 e. The molecule has 3 nitrogen and oxygen atoms in total. The number of pyridine rings is 1. The SMILES string of the molecule is Cc1cc2cnc(C(=O)O)cc2cc1Br. The second-order valence-corrected chi connectivity index (χ2v) is 4.18. The number of hydrogen-bond acceptors (Lipinski definition) is 2. The lowest BCUT2D eigenvalue weighted by Gasteiger charge is -2.03. The van der Waals surface area contributed by atoms with Crippen molar-refractivity contribution in [3.05, 3.63) is 40.1 Å². The first-order valence-corrected chi connectivity index (χ1v) is 5.16. The summed E-state index contributed by atoms with van der Waals surface area (Å²) in [5.74, 6) is -1.01. The molecule has 0 unspecified atom stereocenters. The van der Waals surface area contributed by atoms with Crippen molar-refractivity contribution in [3.63, 3.8) is 0 Å². The van der Waals surface area contributed by atoms with Gasteiger partial charge in [-0.1, -0.05) is 15.9 Å². The molecule has 1 aromatic carbocycles. The largest absolute Gasteiger partial charge is 0.477 e. The Bertz CT molecular complexity index is 552. The Labute approximate surface area is 94.9 Å². The molecule has 0 fully saturated rings. The van der Waals surface area contributed by atoms with E-state index in [0.717, 1.165) is 20.8 Å². The molecule has 4 heteroatoms. The number of halogens is 1. The van der Waals surface area contributed by atoms with Crippen LogP contribution in [0, 0.1) is 6.92 Å². The fourth-order valence-electron chi connectivity index (χ4n) is 1.40. The Morgan fingerprint density at radius 3 is 2.73 bits per heavy atom. The highest BCUT2D eigenvalue weighted by Crippen LogP contribution is 2.23. The summed E-state index contributed by atoms with van der Waals surface area (Å²) in [4.78, 5) is 14.6. The molecule has 0 bridgehead atoms. The summed E-state index contributed by atoms with van der Waals surface area (Å²) in [5.41, 5.74) is 1.17. The summed E-state index contributed by atoms with van der Waals surface area (Å²) in [6.45, 7) is 1.98. The number of aromatic carboxylic acids is 1. The minimum absolute atomic E-state index is 0.0678. The topological polar surface area (TPSA) is 50.2 Å². The summed E-state index contributed by atoms with van der Waals surface area (Å²) in [5, 5.41) is 10.6. The molecule has 1 N–H and O–H groups in total. The van der Waals surface area contributed by atoms with Gasteiger partial charge in [-0.15, -0.1) is 0 Å². The Morgan fingerprint density at radius 1 is 1.33 bits per heavy atom. The Hall–Kier alpha value is -1.42. The van der Waals surface area contributed by atoms with Crippen molar-refractivity contribution in [2.45, 2.75) is 6.92 Å². The number of fused-ring (bicyclic) bond motifs is 1. The van der Waals surface area contributed by atoms with E-state index >= 15 is 0 Å². The number of aromatic nitrogens is 1. The molecule has 0 aliphatic carbocycles. The molecule has 0 spiro atoms. The second kappa shape index (κ2) is 3.62. The first kappa shape index (κ1) is 10.1. The Morgan fingerprint density at radius 2 is 2.07 bits per heavy atom. The van der Waals surface area contributed by atoms with Crippen molar-refractivity contribution >= 4 is 32.7 Å². The summed E-state index contributed by atoms with van der Waals surface area (Å²) in [7, 11) is 0. The van der Waals surface area contributed by atoms with Crippen LogP contribution >= 0.6 is 15.9 Å². The van der Waals surface area contributed by atoms with Gasteiger partial charge >= 0.3 is 5.97 Å². The van der Waals surface area contributed by atoms with Crippen LogP contribution in [-0.2, 0) is 0 Å². The van der Waals surface area contributed by atoms with Crippen molar-refractivity contribution in [1.82, 2.24) is 4.98 Å². The van der Waals surface area contributed by atoms with Gasteiger partial charge in [0, 0.05) is 16.1 Å². The molecule has 15 heavy (non-hydrogen) atoms. The Balaban J connectivity index is 2.72. The van der Waals surface area contributed by atoms with Crippen molar-refractivity contribution < 1.29 is 9.90 Å². The predicted molar refractivity (Wildman–Crippen MR) is 61.1 cm³/mol. The standard InChI is InChI=1S/C11H8BrNO2/c1-6-2-8-5-13-10(11(14)15)4-7(8)3-9(6)12/h2-5H,1H3,(H,14,15). The minimum atomic E-state index is -1.01. The lowest BCUT2D eigenvalue weighted by atomic mass is 10.1. The van der Waals surface area contributed by atoms with Crippen molar-refractivity contribution in [2.24, 2.45) is 0 Å².